The summed E-state index contributed by atoms with van der Waals surface area (Å²) in [5.41, 5.74) is 7.40. The first-order chi connectivity index (χ1) is 10.5. The van der Waals surface area contributed by atoms with Gasteiger partial charge in [0.15, 0.2) is 5.96 Å². The topological polar surface area (TPSA) is 80.0 Å². The van der Waals surface area contributed by atoms with E-state index in [4.69, 9.17) is 22.1 Å². The lowest BCUT2D eigenvalue weighted by atomic mass is 10.1. The summed E-state index contributed by atoms with van der Waals surface area (Å²) in [5, 5.41) is 3.10. The molecule has 2 amide bonds. The molecule has 6 nitrogen and oxygen atoms in total. The molecule has 1 aromatic rings. The molecule has 0 heterocycles. The fraction of sp³-hybridized carbons (Fsp3) is 0.467. The third-order valence-electron chi connectivity index (χ3n) is 3.10. The number of aliphatic imine (C=N–C) groups is 1. The first-order valence-electron chi connectivity index (χ1n) is 7.19. The van der Waals surface area contributed by atoms with Crippen LogP contribution in [0.1, 0.15) is 19.4 Å². The molecule has 0 spiro atoms. The summed E-state index contributed by atoms with van der Waals surface area (Å²) in [5.74, 6) is 0.0607. The minimum atomic E-state index is -0.357. The van der Waals surface area contributed by atoms with Gasteiger partial charge >= 0.3 is 6.03 Å². The van der Waals surface area contributed by atoms with E-state index in [-0.39, 0.29) is 12.0 Å². The summed E-state index contributed by atoms with van der Waals surface area (Å²) in [7, 11) is 1.58. The van der Waals surface area contributed by atoms with E-state index in [1.165, 1.54) is 0 Å². The number of anilines is 1. The molecular weight excluding hydrogens is 304 g/mol. The number of ether oxygens (including phenoxy) is 1. The number of hydrogen-bond donors (Lipinski definition) is 2. The van der Waals surface area contributed by atoms with Crippen molar-refractivity contribution in [3.05, 3.63) is 28.8 Å². The molecule has 0 aliphatic rings. The minimum Gasteiger partial charge on any atom is -0.383 e. The number of guanidine groups is 1. The largest absolute Gasteiger partial charge is 0.383 e. The van der Waals surface area contributed by atoms with Gasteiger partial charge in [-0.25, -0.2) is 4.79 Å². The number of benzene rings is 1. The van der Waals surface area contributed by atoms with Crippen molar-refractivity contribution in [2.45, 2.75) is 20.3 Å². The van der Waals surface area contributed by atoms with Gasteiger partial charge in [-0.1, -0.05) is 30.7 Å². The Hall–Kier alpha value is -1.79. The van der Waals surface area contributed by atoms with Gasteiger partial charge in [-0.3, -0.25) is 15.2 Å². The van der Waals surface area contributed by atoms with E-state index >= 15 is 0 Å². The van der Waals surface area contributed by atoms with Gasteiger partial charge in [0.2, 0.25) is 0 Å². The van der Waals surface area contributed by atoms with Gasteiger partial charge in [-0.05, 0) is 25.0 Å². The van der Waals surface area contributed by atoms with E-state index in [9.17, 15) is 4.79 Å². The highest BCUT2D eigenvalue weighted by molar-refractivity contribution is 6.34. The fourth-order valence-electron chi connectivity index (χ4n) is 2.02. The Labute approximate surface area is 136 Å². The molecule has 1 rings (SSSR count). The number of carbonyl (C=O) groups excluding carboxylic acids is 1. The number of hydrogen-bond acceptors (Lipinski definition) is 3. The van der Waals surface area contributed by atoms with E-state index < -0.39 is 0 Å². The van der Waals surface area contributed by atoms with Crippen LogP contribution in [-0.4, -0.2) is 38.8 Å². The first kappa shape index (κ1) is 18.3. The molecule has 0 fully saturated rings. The molecule has 7 heteroatoms. The maximum Gasteiger partial charge on any atom is 0.328 e. The molecule has 0 aliphatic heterocycles. The molecule has 0 atom stereocenters. The molecule has 0 aromatic heterocycles. The van der Waals surface area contributed by atoms with Crippen LogP contribution >= 0.6 is 11.6 Å². The molecule has 1 aromatic carbocycles. The monoisotopic (exact) mass is 326 g/mol. The van der Waals surface area contributed by atoms with Crippen molar-refractivity contribution in [2.24, 2.45) is 10.7 Å². The molecule has 22 heavy (non-hydrogen) atoms. The van der Waals surface area contributed by atoms with Crippen LogP contribution in [0.2, 0.25) is 5.02 Å². The minimum absolute atomic E-state index is 0.0607. The summed E-state index contributed by atoms with van der Waals surface area (Å²) >= 11 is 6.27. The molecule has 0 saturated heterocycles. The number of methoxy groups -OCH3 is 1. The van der Waals surface area contributed by atoms with Gasteiger partial charge < -0.3 is 10.5 Å². The average Bonchev–Trinajstić information content (AvgIpc) is 2.49. The number of nitrogens with two attached hydrogens (primary N) is 1. The van der Waals surface area contributed by atoms with Crippen molar-refractivity contribution in [1.82, 2.24) is 5.32 Å². The molecule has 0 radical (unpaired) electrons. The Morgan fingerprint density at radius 1 is 1.45 bits per heavy atom. The third kappa shape index (κ3) is 4.89. The second kappa shape index (κ2) is 9.27. The number of urea groups is 1. The number of rotatable bonds is 6. The maximum absolute atomic E-state index is 12.4. The van der Waals surface area contributed by atoms with E-state index in [2.05, 4.69) is 10.3 Å². The maximum atomic E-state index is 12.4. The zero-order valence-corrected chi connectivity index (χ0v) is 14.0. The van der Waals surface area contributed by atoms with Gasteiger partial charge in [-0.2, -0.15) is 0 Å². The van der Waals surface area contributed by atoms with Crippen LogP contribution in [0.25, 0.3) is 0 Å². The zero-order chi connectivity index (χ0) is 16.5. The highest BCUT2D eigenvalue weighted by atomic mass is 35.5. The summed E-state index contributed by atoms with van der Waals surface area (Å²) in [6, 6.07) is 5.23. The number of amides is 2. The van der Waals surface area contributed by atoms with Crippen LogP contribution in [0.5, 0.6) is 0 Å². The zero-order valence-electron chi connectivity index (χ0n) is 13.2. The lowest BCUT2D eigenvalue weighted by Crippen LogP contribution is -2.46. The quantitative estimate of drug-likeness (QED) is 0.478. The average molecular weight is 327 g/mol. The Bertz CT molecular complexity index is 534. The molecular formula is C15H23ClN4O2. The van der Waals surface area contributed by atoms with Crippen LogP contribution in [-0.2, 0) is 11.2 Å². The van der Waals surface area contributed by atoms with Crippen molar-refractivity contribution in [3.63, 3.8) is 0 Å². The van der Waals surface area contributed by atoms with Crippen LogP contribution in [0.4, 0.5) is 10.5 Å². The third-order valence-corrected chi connectivity index (χ3v) is 3.40. The van der Waals surface area contributed by atoms with Crippen molar-refractivity contribution in [2.75, 3.05) is 31.7 Å². The van der Waals surface area contributed by atoms with E-state index in [1.807, 2.05) is 26.0 Å². The van der Waals surface area contributed by atoms with Crippen LogP contribution < -0.4 is 16.0 Å². The fourth-order valence-corrected chi connectivity index (χ4v) is 2.32. The van der Waals surface area contributed by atoms with Crippen molar-refractivity contribution in [1.29, 1.82) is 0 Å². The van der Waals surface area contributed by atoms with Crippen LogP contribution in [0, 0.1) is 0 Å². The predicted octanol–water partition coefficient (Wildman–Crippen LogP) is 2.40. The Balaban J connectivity index is 2.92. The lowest BCUT2D eigenvalue weighted by Gasteiger charge is -2.24. The lowest BCUT2D eigenvalue weighted by molar-refractivity contribution is 0.208. The van der Waals surface area contributed by atoms with E-state index in [1.54, 1.807) is 18.1 Å². The van der Waals surface area contributed by atoms with Gasteiger partial charge in [0.05, 0.1) is 23.9 Å². The van der Waals surface area contributed by atoms with Gasteiger partial charge in [0.25, 0.3) is 0 Å². The van der Waals surface area contributed by atoms with Crippen molar-refractivity contribution < 1.29 is 9.53 Å². The van der Waals surface area contributed by atoms with Crippen LogP contribution in [0.3, 0.4) is 0 Å². The highest BCUT2D eigenvalue weighted by Crippen LogP contribution is 2.30. The standard InChI is InChI=1S/C15H23ClN4O2/c1-4-11-7-6-8-12(16)13(11)20(5-2)15(21)19-14(17)18-9-10-22-3/h6-8H,4-5,9-10H2,1-3H3,(H3,17,18,19,21). The highest BCUT2D eigenvalue weighted by Gasteiger charge is 2.19. The number of nitrogens with zero attached hydrogens (tertiary/aromatic N) is 2. The summed E-state index contributed by atoms with van der Waals surface area (Å²) in [6.45, 7) is 5.19. The van der Waals surface area contributed by atoms with Crippen molar-refractivity contribution >= 4 is 29.3 Å². The predicted molar refractivity (Wildman–Crippen MR) is 90.7 cm³/mol. The van der Waals surface area contributed by atoms with Gasteiger partial charge in [-0.15, -0.1) is 0 Å². The van der Waals surface area contributed by atoms with E-state index in [0.717, 1.165) is 12.0 Å². The van der Waals surface area contributed by atoms with E-state index in [0.29, 0.717) is 30.4 Å². The first-order valence-corrected chi connectivity index (χ1v) is 7.57. The number of carbonyl (C=O) groups is 1. The second-order valence-corrected chi connectivity index (χ2v) is 4.94. The van der Waals surface area contributed by atoms with Gasteiger partial charge in [0.1, 0.15) is 0 Å². The molecule has 3 N–H and O–H groups in total. The van der Waals surface area contributed by atoms with Gasteiger partial charge in [0, 0.05) is 13.7 Å². The number of aryl methyl sites for hydroxylation is 1. The molecule has 0 unspecified atom stereocenters. The Morgan fingerprint density at radius 2 is 2.18 bits per heavy atom. The molecule has 122 valence electrons. The summed E-state index contributed by atoms with van der Waals surface area (Å²) < 4.78 is 4.88. The number of para-hydroxylation sites is 1. The number of halogens is 1. The summed E-state index contributed by atoms with van der Waals surface area (Å²) in [6.07, 6.45) is 0.775. The molecule has 0 bridgehead atoms. The SMILES string of the molecule is CCc1cccc(Cl)c1N(CC)C(=O)NC(N)=NCCOC. The Morgan fingerprint density at radius 3 is 2.77 bits per heavy atom. The Kier molecular flexibility index (Phi) is 7.70. The second-order valence-electron chi connectivity index (χ2n) is 4.54. The van der Waals surface area contributed by atoms with Crippen LogP contribution in [0.15, 0.2) is 23.2 Å². The molecule has 0 aliphatic carbocycles. The normalized spacial score (nSPS) is 11.4. The van der Waals surface area contributed by atoms with Crippen molar-refractivity contribution in [3.8, 4) is 0 Å². The number of nitrogens with one attached hydrogen (secondary N) is 1. The smallest absolute Gasteiger partial charge is 0.328 e. The molecule has 0 saturated carbocycles. The summed E-state index contributed by atoms with van der Waals surface area (Å²) in [4.78, 5) is 18.0.